The molecule has 21 heavy (non-hydrogen) atoms. The zero-order valence-electron chi connectivity index (χ0n) is 11.3. The molecule has 2 aromatic rings. The number of thiazole rings is 1. The van der Waals surface area contributed by atoms with Crippen molar-refractivity contribution in [2.75, 3.05) is 12.4 Å². The fourth-order valence-corrected chi connectivity index (χ4v) is 2.63. The molecule has 2 aromatic heterocycles. The zero-order chi connectivity index (χ0) is 14.8. The summed E-state index contributed by atoms with van der Waals surface area (Å²) in [5.41, 5.74) is 1.58. The van der Waals surface area contributed by atoms with Gasteiger partial charge in [-0.25, -0.2) is 9.78 Å². The van der Waals surface area contributed by atoms with E-state index < -0.39 is 5.97 Å². The normalized spacial score (nSPS) is 13.8. The molecule has 1 aliphatic carbocycles. The highest BCUT2D eigenvalue weighted by Crippen LogP contribution is 2.40. The highest BCUT2D eigenvalue weighted by atomic mass is 32.1. The van der Waals surface area contributed by atoms with Crippen LogP contribution in [0.2, 0.25) is 0 Å². The number of carbonyl (C=O) groups is 2. The number of nitrogens with one attached hydrogen (secondary N) is 1. The Morgan fingerprint density at radius 2 is 2.19 bits per heavy atom. The molecule has 0 atom stereocenters. The van der Waals surface area contributed by atoms with Gasteiger partial charge in [0.1, 0.15) is 5.69 Å². The average Bonchev–Trinajstić information content (AvgIpc) is 3.27. The number of aromatic nitrogens is 2. The molecule has 2 heterocycles. The second-order valence-corrected chi connectivity index (χ2v) is 5.59. The first-order valence-electron chi connectivity index (χ1n) is 6.48. The number of carbonyl (C=O) groups excluding carboxylic acids is 2. The molecule has 1 amide bonds. The van der Waals surface area contributed by atoms with Crippen molar-refractivity contribution in [2.45, 2.75) is 18.8 Å². The van der Waals surface area contributed by atoms with Gasteiger partial charge in [-0.2, -0.15) is 0 Å². The van der Waals surface area contributed by atoms with Gasteiger partial charge in [0.05, 0.1) is 18.4 Å². The maximum atomic E-state index is 12.0. The van der Waals surface area contributed by atoms with E-state index in [1.807, 2.05) is 5.38 Å². The highest BCUT2D eigenvalue weighted by Gasteiger charge is 2.26. The first kappa shape index (κ1) is 13.7. The topological polar surface area (TPSA) is 81.2 Å². The fourth-order valence-electron chi connectivity index (χ4n) is 1.84. The van der Waals surface area contributed by atoms with Crippen LogP contribution >= 0.6 is 11.3 Å². The number of esters is 1. The molecule has 0 bridgehead atoms. The molecule has 0 saturated heterocycles. The molecule has 1 N–H and O–H groups in total. The minimum atomic E-state index is -0.483. The van der Waals surface area contributed by atoms with E-state index >= 15 is 0 Å². The van der Waals surface area contributed by atoms with Crippen LogP contribution in [0.1, 0.15) is 45.3 Å². The standard InChI is InChI=1S/C14H13N3O3S/c1-20-13(19)9-4-5-10(15-6-9)12(18)17-14-16-11(7-21-14)8-2-3-8/h4-8H,2-3H2,1H3,(H,16,17,18). The van der Waals surface area contributed by atoms with Crippen molar-refractivity contribution in [3.63, 3.8) is 0 Å². The maximum Gasteiger partial charge on any atom is 0.339 e. The lowest BCUT2D eigenvalue weighted by Gasteiger charge is -2.02. The zero-order valence-corrected chi connectivity index (χ0v) is 12.1. The molecule has 1 aliphatic rings. The van der Waals surface area contributed by atoms with Crippen LogP contribution in [0.25, 0.3) is 0 Å². The van der Waals surface area contributed by atoms with E-state index in [2.05, 4.69) is 20.0 Å². The van der Waals surface area contributed by atoms with Gasteiger partial charge in [-0.05, 0) is 25.0 Å². The number of nitrogens with zero attached hydrogens (tertiary/aromatic N) is 2. The predicted octanol–water partition coefficient (Wildman–Crippen LogP) is 2.45. The number of methoxy groups -OCH3 is 1. The summed E-state index contributed by atoms with van der Waals surface area (Å²) in [5.74, 6) is -0.268. The Labute approximate surface area is 125 Å². The number of amides is 1. The lowest BCUT2D eigenvalue weighted by Crippen LogP contribution is -2.14. The molecule has 3 rings (SSSR count). The van der Waals surface area contributed by atoms with Crippen LogP contribution in [-0.2, 0) is 4.74 Å². The summed E-state index contributed by atoms with van der Waals surface area (Å²) in [6.07, 6.45) is 3.67. The molecular formula is C14H13N3O3S. The molecule has 0 unspecified atom stereocenters. The van der Waals surface area contributed by atoms with Gasteiger partial charge in [-0.15, -0.1) is 11.3 Å². The molecule has 1 fully saturated rings. The SMILES string of the molecule is COC(=O)c1ccc(C(=O)Nc2nc(C3CC3)cs2)nc1. The van der Waals surface area contributed by atoms with E-state index in [1.54, 1.807) is 0 Å². The average molecular weight is 303 g/mol. The van der Waals surface area contributed by atoms with Gasteiger partial charge in [0.25, 0.3) is 5.91 Å². The van der Waals surface area contributed by atoms with E-state index in [0.29, 0.717) is 16.6 Å². The van der Waals surface area contributed by atoms with Gasteiger partial charge in [0.15, 0.2) is 5.13 Å². The molecule has 7 heteroatoms. The van der Waals surface area contributed by atoms with Crippen molar-refractivity contribution in [3.05, 3.63) is 40.7 Å². The molecule has 6 nitrogen and oxygen atoms in total. The summed E-state index contributed by atoms with van der Waals surface area (Å²) in [6, 6.07) is 2.99. The van der Waals surface area contributed by atoms with Crippen LogP contribution in [0, 0.1) is 0 Å². The minimum absolute atomic E-state index is 0.228. The molecule has 0 aliphatic heterocycles. The van der Waals surface area contributed by atoms with Crippen LogP contribution in [0.3, 0.4) is 0 Å². The number of ether oxygens (including phenoxy) is 1. The Bertz CT molecular complexity index is 677. The smallest absolute Gasteiger partial charge is 0.339 e. The fraction of sp³-hybridized carbons (Fsp3) is 0.286. The number of hydrogen-bond acceptors (Lipinski definition) is 6. The molecule has 0 aromatic carbocycles. The lowest BCUT2D eigenvalue weighted by molar-refractivity contribution is 0.0600. The van der Waals surface area contributed by atoms with Gasteiger partial charge in [-0.3, -0.25) is 15.1 Å². The van der Waals surface area contributed by atoms with Crippen molar-refractivity contribution >= 4 is 28.3 Å². The Morgan fingerprint density at radius 3 is 2.81 bits per heavy atom. The van der Waals surface area contributed by atoms with Crippen LogP contribution in [0.5, 0.6) is 0 Å². The van der Waals surface area contributed by atoms with Crippen LogP contribution in [0.4, 0.5) is 5.13 Å². The quantitative estimate of drug-likeness (QED) is 0.877. The Hall–Kier alpha value is -2.28. The van der Waals surface area contributed by atoms with E-state index in [-0.39, 0.29) is 11.6 Å². The summed E-state index contributed by atoms with van der Waals surface area (Å²) in [6.45, 7) is 0. The second kappa shape index (κ2) is 5.61. The summed E-state index contributed by atoms with van der Waals surface area (Å²) in [4.78, 5) is 31.7. The molecule has 0 radical (unpaired) electrons. The van der Waals surface area contributed by atoms with E-state index in [1.165, 1.54) is 49.6 Å². The monoisotopic (exact) mass is 303 g/mol. The van der Waals surface area contributed by atoms with Crippen LogP contribution in [0.15, 0.2) is 23.7 Å². The molecule has 0 spiro atoms. The van der Waals surface area contributed by atoms with Crippen molar-refractivity contribution in [1.29, 1.82) is 0 Å². The largest absolute Gasteiger partial charge is 0.465 e. The minimum Gasteiger partial charge on any atom is -0.465 e. The third kappa shape index (κ3) is 3.08. The lowest BCUT2D eigenvalue weighted by atomic mass is 10.2. The number of anilines is 1. The molecule has 1 saturated carbocycles. The highest BCUT2D eigenvalue weighted by molar-refractivity contribution is 7.14. The molecule has 108 valence electrons. The van der Waals surface area contributed by atoms with Crippen molar-refractivity contribution < 1.29 is 14.3 Å². The van der Waals surface area contributed by atoms with E-state index in [4.69, 9.17) is 0 Å². The van der Waals surface area contributed by atoms with Crippen molar-refractivity contribution in [2.24, 2.45) is 0 Å². The first-order chi connectivity index (χ1) is 10.2. The summed E-state index contributed by atoms with van der Waals surface area (Å²) >= 11 is 1.41. The number of pyridine rings is 1. The molecular weight excluding hydrogens is 290 g/mol. The number of hydrogen-bond donors (Lipinski definition) is 1. The maximum absolute atomic E-state index is 12.0. The summed E-state index contributed by atoms with van der Waals surface area (Å²) in [5, 5.41) is 5.26. The van der Waals surface area contributed by atoms with E-state index in [9.17, 15) is 9.59 Å². The van der Waals surface area contributed by atoms with Gasteiger partial charge in [0, 0.05) is 17.5 Å². The van der Waals surface area contributed by atoms with E-state index in [0.717, 1.165) is 5.69 Å². The third-order valence-electron chi connectivity index (χ3n) is 3.16. The van der Waals surface area contributed by atoms with Crippen LogP contribution in [-0.4, -0.2) is 29.0 Å². The third-order valence-corrected chi connectivity index (χ3v) is 3.93. The van der Waals surface area contributed by atoms with Gasteiger partial charge < -0.3 is 4.74 Å². The summed E-state index contributed by atoms with van der Waals surface area (Å²) < 4.78 is 4.58. The van der Waals surface area contributed by atoms with Gasteiger partial charge in [0.2, 0.25) is 0 Å². The van der Waals surface area contributed by atoms with Crippen molar-refractivity contribution in [1.82, 2.24) is 9.97 Å². The van der Waals surface area contributed by atoms with Gasteiger partial charge >= 0.3 is 5.97 Å². The second-order valence-electron chi connectivity index (χ2n) is 4.73. The Morgan fingerprint density at radius 1 is 1.38 bits per heavy atom. The number of rotatable bonds is 4. The predicted molar refractivity (Wildman–Crippen MR) is 77.6 cm³/mol. The van der Waals surface area contributed by atoms with Gasteiger partial charge in [-0.1, -0.05) is 0 Å². The van der Waals surface area contributed by atoms with Crippen LogP contribution < -0.4 is 5.32 Å². The van der Waals surface area contributed by atoms with Crippen molar-refractivity contribution in [3.8, 4) is 0 Å². The Kier molecular flexibility index (Phi) is 3.66. The first-order valence-corrected chi connectivity index (χ1v) is 7.36. The Balaban J connectivity index is 1.67. The summed E-state index contributed by atoms with van der Waals surface area (Å²) in [7, 11) is 1.29.